The summed E-state index contributed by atoms with van der Waals surface area (Å²) >= 11 is 0. The Morgan fingerprint density at radius 2 is 2.33 bits per heavy atom. The molecule has 1 N–H and O–H groups in total. The Labute approximate surface area is 90.4 Å². The summed E-state index contributed by atoms with van der Waals surface area (Å²) in [4.78, 5) is 4.41. The second kappa shape index (κ2) is 4.75. The maximum absolute atomic E-state index is 5.16. The highest BCUT2D eigenvalue weighted by atomic mass is 16.5. The average Bonchev–Trinajstić information content (AvgIpc) is 2.85. The van der Waals surface area contributed by atoms with Gasteiger partial charge in [0.25, 0.3) is 0 Å². The van der Waals surface area contributed by atoms with Crippen molar-refractivity contribution in [2.45, 2.75) is 45.1 Å². The van der Waals surface area contributed by atoms with Crippen molar-refractivity contribution in [3.05, 3.63) is 11.7 Å². The molecule has 0 aromatic carbocycles. The van der Waals surface area contributed by atoms with Crippen LogP contribution in [0.3, 0.4) is 0 Å². The molecule has 0 radical (unpaired) electrons. The van der Waals surface area contributed by atoms with E-state index in [2.05, 4.69) is 22.4 Å². The lowest BCUT2D eigenvalue weighted by molar-refractivity contribution is 0.363. The number of hydrogen-bond donors (Lipinski definition) is 1. The minimum atomic E-state index is 0.532. The van der Waals surface area contributed by atoms with Gasteiger partial charge in [-0.2, -0.15) is 4.98 Å². The monoisotopic (exact) mass is 209 g/mol. The van der Waals surface area contributed by atoms with Gasteiger partial charge in [-0.15, -0.1) is 0 Å². The summed E-state index contributed by atoms with van der Waals surface area (Å²) in [6.07, 6.45) is 5.04. The molecule has 1 aromatic heterocycles. The summed E-state index contributed by atoms with van der Waals surface area (Å²) in [6.45, 7) is 2.92. The molecule has 0 bridgehead atoms. The first-order valence-electron chi connectivity index (χ1n) is 5.80. The van der Waals surface area contributed by atoms with Crippen LogP contribution < -0.4 is 5.32 Å². The maximum Gasteiger partial charge on any atom is 0.240 e. The zero-order chi connectivity index (χ0) is 10.7. The van der Waals surface area contributed by atoms with E-state index >= 15 is 0 Å². The molecular weight excluding hydrogens is 190 g/mol. The van der Waals surface area contributed by atoms with Crippen LogP contribution in [0.15, 0.2) is 4.52 Å². The lowest BCUT2D eigenvalue weighted by Crippen LogP contribution is -2.05. The average molecular weight is 209 g/mol. The molecule has 1 saturated carbocycles. The van der Waals surface area contributed by atoms with Gasteiger partial charge < -0.3 is 9.84 Å². The van der Waals surface area contributed by atoms with E-state index in [-0.39, 0.29) is 0 Å². The Bertz CT molecular complexity index is 311. The Morgan fingerprint density at radius 3 is 3.00 bits per heavy atom. The predicted molar refractivity (Wildman–Crippen MR) is 57.4 cm³/mol. The van der Waals surface area contributed by atoms with Crippen molar-refractivity contribution in [1.82, 2.24) is 15.5 Å². The largest absolute Gasteiger partial charge is 0.338 e. The third-order valence-electron chi connectivity index (χ3n) is 3.30. The Morgan fingerprint density at radius 1 is 1.47 bits per heavy atom. The lowest BCUT2D eigenvalue weighted by Gasteiger charge is -2.04. The molecule has 0 saturated heterocycles. The van der Waals surface area contributed by atoms with Crippen LogP contribution in [0.5, 0.6) is 0 Å². The molecule has 4 nitrogen and oxygen atoms in total. The smallest absolute Gasteiger partial charge is 0.240 e. The van der Waals surface area contributed by atoms with E-state index in [4.69, 9.17) is 4.52 Å². The third kappa shape index (κ3) is 2.37. The summed E-state index contributed by atoms with van der Waals surface area (Å²) < 4.78 is 5.16. The molecule has 0 spiro atoms. The van der Waals surface area contributed by atoms with E-state index in [0.717, 1.165) is 11.7 Å². The SMILES string of the molecule is CCC1CCC(c2noc(CNC)n2)C1. The molecule has 2 rings (SSSR count). The van der Waals surface area contributed by atoms with Crippen molar-refractivity contribution in [3.8, 4) is 0 Å². The van der Waals surface area contributed by atoms with Crippen LogP contribution in [0.2, 0.25) is 0 Å². The van der Waals surface area contributed by atoms with E-state index in [1.807, 2.05) is 7.05 Å². The fourth-order valence-corrected chi connectivity index (χ4v) is 2.34. The van der Waals surface area contributed by atoms with Crippen LogP contribution in [0.4, 0.5) is 0 Å². The summed E-state index contributed by atoms with van der Waals surface area (Å²) in [6, 6.07) is 0. The molecule has 1 aliphatic rings. The number of rotatable bonds is 4. The molecule has 0 aliphatic heterocycles. The molecule has 84 valence electrons. The molecule has 2 unspecified atom stereocenters. The highest BCUT2D eigenvalue weighted by Gasteiger charge is 2.28. The van der Waals surface area contributed by atoms with Gasteiger partial charge in [-0.05, 0) is 32.2 Å². The Hall–Kier alpha value is -0.900. The van der Waals surface area contributed by atoms with Gasteiger partial charge in [0.15, 0.2) is 5.82 Å². The highest BCUT2D eigenvalue weighted by Crippen LogP contribution is 2.38. The molecule has 1 aliphatic carbocycles. The van der Waals surface area contributed by atoms with Crippen molar-refractivity contribution in [2.24, 2.45) is 5.92 Å². The topological polar surface area (TPSA) is 51.0 Å². The number of hydrogen-bond acceptors (Lipinski definition) is 4. The molecule has 15 heavy (non-hydrogen) atoms. The van der Waals surface area contributed by atoms with Gasteiger partial charge in [-0.1, -0.05) is 18.5 Å². The van der Waals surface area contributed by atoms with Gasteiger partial charge in [0.2, 0.25) is 5.89 Å². The molecule has 2 atom stereocenters. The Kier molecular flexibility index (Phi) is 3.36. The molecular formula is C11H19N3O. The van der Waals surface area contributed by atoms with E-state index in [1.54, 1.807) is 0 Å². The molecule has 1 heterocycles. The van der Waals surface area contributed by atoms with Crippen LogP contribution in [-0.2, 0) is 6.54 Å². The summed E-state index contributed by atoms with van der Waals surface area (Å²) in [7, 11) is 1.88. The van der Waals surface area contributed by atoms with Gasteiger partial charge in [0.1, 0.15) is 0 Å². The first kappa shape index (κ1) is 10.6. The standard InChI is InChI=1S/C11H19N3O/c1-3-8-4-5-9(6-8)11-13-10(7-12-2)15-14-11/h8-9,12H,3-7H2,1-2H3. The third-order valence-corrected chi connectivity index (χ3v) is 3.30. The first-order chi connectivity index (χ1) is 7.33. The summed E-state index contributed by atoms with van der Waals surface area (Å²) in [5.41, 5.74) is 0. The fourth-order valence-electron chi connectivity index (χ4n) is 2.34. The van der Waals surface area contributed by atoms with E-state index in [1.165, 1.54) is 25.7 Å². The van der Waals surface area contributed by atoms with Crippen LogP contribution >= 0.6 is 0 Å². The Balaban J connectivity index is 1.97. The quantitative estimate of drug-likeness (QED) is 0.825. The fraction of sp³-hybridized carbons (Fsp3) is 0.818. The highest BCUT2D eigenvalue weighted by molar-refractivity contribution is 4.99. The minimum absolute atomic E-state index is 0.532. The zero-order valence-corrected chi connectivity index (χ0v) is 9.49. The van der Waals surface area contributed by atoms with E-state index in [0.29, 0.717) is 18.4 Å². The van der Waals surface area contributed by atoms with Gasteiger partial charge in [0, 0.05) is 5.92 Å². The summed E-state index contributed by atoms with van der Waals surface area (Å²) in [5.74, 6) is 3.01. The van der Waals surface area contributed by atoms with Crippen molar-refractivity contribution < 1.29 is 4.52 Å². The van der Waals surface area contributed by atoms with Gasteiger partial charge in [0.05, 0.1) is 6.54 Å². The van der Waals surface area contributed by atoms with Crippen LogP contribution in [0, 0.1) is 5.92 Å². The number of nitrogens with one attached hydrogen (secondary N) is 1. The van der Waals surface area contributed by atoms with Crippen molar-refractivity contribution in [3.63, 3.8) is 0 Å². The lowest BCUT2D eigenvalue weighted by atomic mass is 10.0. The maximum atomic E-state index is 5.16. The zero-order valence-electron chi connectivity index (χ0n) is 9.49. The van der Waals surface area contributed by atoms with Crippen molar-refractivity contribution in [2.75, 3.05) is 7.05 Å². The molecule has 4 heteroatoms. The predicted octanol–water partition coefficient (Wildman–Crippen LogP) is 2.08. The molecule has 1 aromatic rings. The normalized spacial score (nSPS) is 26.0. The molecule has 0 amide bonds. The van der Waals surface area contributed by atoms with Crippen LogP contribution in [-0.4, -0.2) is 17.2 Å². The van der Waals surface area contributed by atoms with E-state index in [9.17, 15) is 0 Å². The van der Waals surface area contributed by atoms with E-state index < -0.39 is 0 Å². The van der Waals surface area contributed by atoms with Gasteiger partial charge in [-0.3, -0.25) is 0 Å². The van der Waals surface area contributed by atoms with Gasteiger partial charge >= 0.3 is 0 Å². The minimum Gasteiger partial charge on any atom is -0.338 e. The van der Waals surface area contributed by atoms with Crippen molar-refractivity contribution in [1.29, 1.82) is 0 Å². The van der Waals surface area contributed by atoms with Crippen LogP contribution in [0.25, 0.3) is 0 Å². The second-order valence-corrected chi connectivity index (χ2v) is 4.36. The summed E-state index contributed by atoms with van der Waals surface area (Å²) in [5, 5.41) is 7.07. The number of aromatic nitrogens is 2. The van der Waals surface area contributed by atoms with Gasteiger partial charge in [-0.25, -0.2) is 0 Å². The first-order valence-corrected chi connectivity index (χ1v) is 5.80. The van der Waals surface area contributed by atoms with Crippen molar-refractivity contribution >= 4 is 0 Å². The second-order valence-electron chi connectivity index (χ2n) is 4.36. The van der Waals surface area contributed by atoms with Crippen LogP contribution in [0.1, 0.15) is 50.2 Å². The number of nitrogens with zero attached hydrogens (tertiary/aromatic N) is 2. The molecule has 1 fully saturated rings.